The van der Waals surface area contributed by atoms with Crippen molar-refractivity contribution in [2.45, 2.75) is 19.8 Å². The van der Waals surface area contributed by atoms with Gasteiger partial charge in [-0.15, -0.1) is 0 Å². The maximum Gasteiger partial charge on any atom is 0.255 e. The highest BCUT2D eigenvalue weighted by Gasteiger charge is 2.19. The number of fused-ring (bicyclic) bond motifs is 1. The summed E-state index contributed by atoms with van der Waals surface area (Å²) in [5.74, 6) is 2.73. The van der Waals surface area contributed by atoms with Crippen LogP contribution in [0.1, 0.15) is 30.1 Å². The molecule has 6 nitrogen and oxygen atoms in total. The van der Waals surface area contributed by atoms with Gasteiger partial charge in [-0.3, -0.25) is 4.79 Å². The summed E-state index contributed by atoms with van der Waals surface area (Å²) in [6.45, 7) is 5.30. The third-order valence-corrected chi connectivity index (χ3v) is 4.79. The Labute approximate surface area is 153 Å². The average molecular weight is 353 g/mol. The second-order valence-electron chi connectivity index (χ2n) is 6.91. The van der Waals surface area contributed by atoms with Crippen LogP contribution in [0, 0.1) is 5.92 Å². The van der Waals surface area contributed by atoms with Crippen molar-refractivity contribution >= 4 is 17.4 Å². The van der Waals surface area contributed by atoms with Gasteiger partial charge >= 0.3 is 0 Å². The monoisotopic (exact) mass is 353 g/mol. The van der Waals surface area contributed by atoms with E-state index in [2.05, 4.69) is 22.1 Å². The van der Waals surface area contributed by atoms with Crippen molar-refractivity contribution in [1.29, 1.82) is 0 Å². The first-order valence-corrected chi connectivity index (χ1v) is 9.11. The highest BCUT2D eigenvalue weighted by molar-refractivity contribution is 6.04. The molecule has 3 heterocycles. The van der Waals surface area contributed by atoms with Gasteiger partial charge in [0.05, 0.1) is 0 Å². The number of carbonyl (C=O) groups is 1. The zero-order valence-electron chi connectivity index (χ0n) is 14.9. The number of carbonyl (C=O) groups excluding carboxylic acids is 1. The van der Waals surface area contributed by atoms with Crippen LogP contribution in [0.2, 0.25) is 0 Å². The van der Waals surface area contributed by atoms with Crippen molar-refractivity contribution in [3.8, 4) is 11.5 Å². The summed E-state index contributed by atoms with van der Waals surface area (Å²) >= 11 is 0. The smallest absolute Gasteiger partial charge is 0.255 e. The van der Waals surface area contributed by atoms with Crippen molar-refractivity contribution in [3.63, 3.8) is 0 Å². The molecule has 0 spiro atoms. The maximum atomic E-state index is 12.7. The van der Waals surface area contributed by atoms with Crippen LogP contribution in [0.15, 0.2) is 36.5 Å². The molecule has 1 aromatic heterocycles. The van der Waals surface area contributed by atoms with E-state index in [9.17, 15) is 4.79 Å². The van der Waals surface area contributed by atoms with E-state index in [1.165, 1.54) is 6.42 Å². The minimum Gasteiger partial charge on any atom is -0.486 e. The van der Waals surface area contributed by atoms with Gasteiger partial charge in [-0.1, -0.05) is 6.92 Å². The quantitative estimate of drug-likeness (QED) is 0.917. The number of amides is 1. The first-order chi connectivity index (χ1) is 12.7. The summed E-state index contributed by atoms with van der Waals surface area (Å²) in [5.41, 5.74) is 1.28. The lowest BCUT2D eigenvalue weighted by atomic mass is 10.0. The normalized spacial score (nSPS) is 19.1. The lowest BCUT2D eigenvalue weighted by molar-refractivity contribution is 0.102. The maximum absolute atomic E-state index is 12.7. The average Bonchev–Trinajstić information content (AvgIpc) is 2.68. The number of hydrogen-bond acceptors (Lipinski definition) is 5. The van der Waals surface area contributed by atoms with Gasteiger partial charge in [0, 0.05) is 36.6 Å². The molecule has 1 aromatic carbocycles. The predicted molar refractivity (Wildman–Crippen MR) is 100 cm³/mol. The Morgan fingerprint density at radius 3 is 2.88 bits per heavy atom. The number of nitrogens with one attached hydrogen (secondary N) is 1. The van der Waals surface area contributed by atoms with Gasteiger partial charge in [0.25, 0.3) is 5.91 Å². The Bertz CT molecular complexity index is 809. The second kappa shape index (κ2) is 7.23. The van der Waals surface area contributed by atoms with Crippen molar-refractivity contribution < 1.29 is 14.3 Å². The van der Waals surface area contributed by atoms with E-state index in [0.29, 0.717) is 41.9 Å². The molecular formula is C20H23N3O3. The molecular weight excluding hydrogens is 330 g/mol. The fraction of sp³-hybridized carbons (Fsp3) is 0.400. The molecule has 4 rings (SSSR count). The third kappa shape index (κ3) is 3.59. The number of anilines is 2. The number of ether oxygens (including phenoxy) is 2. The zero-order chi connectivity index (χ0) is 17.9. The van der Waals surface area contributed by atoms with Gasteiger partial charge in [-0.2, -0.15) is 0 Å². The van der Waals surface area contributed by atoms with Gasteiger partial charge in [0.1, 0.15) is 19.0 Å². The SMILES string of the molecule is CC1CCCN(c2cc(C(=O)Nc3ccc4c(c3)OCCO4)ccn2)C1. The molecule has 0 bridgehead atoms. The predicted octanol–water partition coefficient (Wildman–Crippen LogP) is 3.34. The largest absolute Gasteiger partial charge is 0.486 e. The topological polar surface area (TPSA) is 63.7 Å². The number of nitrogens with zero attached hydrogens (tertiary/aromatic N) is 2. The van der Waals surface area contributed by atoms with Crippen LogP contribution in [0.25, 0.3) is 0 Å². The first-order valence-electron chi connectivity index (χ1n) is 9.11. The molecule has 1 amide bonds. The van der Waals surface area contributed by atoms with Crippen molar-refractivity contribution in [1.82, 2.24) is 4.98 Å². The molecule has 0 radical (unpaired) electrons. The molecule has 136 valence electrons. The minimum absolute atomic E-state index is 0.157. The molecule has 2 aliphatic rings. The van der Waals surface area contributed by atoms with Gasteiger partial charge in [-0.25, -0.2) is 4.98 Å². The summed E-state index contributed by atoms with van der Waals surface area (Å²) in [7, 11) is 0. The van der Waals surface area contributed by atoms with Crippen LogP contribution in [0.3, 0.4) is 0 Å². The minimum atomic E-state index is -0.157. The Morgan fingerprint density at radius 2 is 2.04 bits per heavy atom. The number of aromatic nitrogens is 1. The Balaban J connectivity index is 1.49. The fourth-order valence-electron chi connectivity index (χ4n) is 3.45. The van der Waals surface area contributed by atoms with Crippen LogP contribution in [-0.4, -0.2) is 37.2 Å². The molecule has 0 saturated carbocycles. The van der Waals surface area contributed by atoms with Gasteiger partial charge in [0.15, 0.2) is 11.5 Å². The molecule has 1 saturated heterocycles. The van der Waals surface area contributed by atoms with Gasteiger partial charge in [-0.05, 0) is 43.0 Å². The summed E-state index contributed by atoms with van der Waals surface area (Å²) in [6, 6.07) is 9.04. The summed E-state index contributed by atoms with van der Waals surface area (Å²) in [4.78, 5) is 19.4. The summed E-state index contributed by atoms with van der Waals surface area (Å²) in [6.07, 6.45) is 4.12. The number of hydrogen-bond donors (Lipinski definition) is 1. The molecule has 1 unspecified atom stereocenters. The molecule has 26 heavy (non-hydrogen) atoms. The molecule has 6 heteroatoms. The summed E-state index contributed by atoms with van der Waals surface area (Å²) < 4.78 is 11.1. The van der Waals surface area contributed by atoms with Gasteiger partial charge in [0.2, 0.25) is 0 Å². The van der Waals surface area contributed by atoms with Crippen LogP contribution in [0.4, 0.5) is 11.5 Å². The molecule has 2 aromatic rings. The van der Waals surface area contributed by atoms with Gasteiger partial charge < -0.3 is 19.7 Å². The van der Waals surface area contributed by atoms with Crippen molar-refractivity contribution in [3.05, 3.63) is 42.1 Å². The Kier molecular flexibility index (Phi) is 4.65. The number of pyridine rings is 1. The van der Waals surface area contributed by atoms with Crippen LogP contribution >= 0.6 is 0 Å². The van der Waals surface area contributed by atoms with Crippen molar-refractivity contribution in [2.75, 3.05) is 36.5 Å². The third-order valence-electron chi connectivity index (χ3n) is 4.79. The lowest BCUT2D eigenvalue weighted by Gasteiger charge is -2.31. The number of rotatable bonds is 3. The van der Waals surface area contributed by atoms with E-state index < -0.39 is 0 Å². The number of benzene rings is 1. The molecule has 2 aliphatic heterocycles. The van der Waals surface area contributed by atoms with E-state index in [1.807, 2.05) is 18.2 Å². The molecule has 1 atom stereocenters. The molecule has 1 N–H and O–H groups in total. The standard InChI is InChI=1S/C20H23N3O3/c1-14-3-2-8-23(13-14)19-11-15(6-7-21-19)20(24)22-16-4-5-17-18(12-16)26-10-9-25-17/h4-7,11-12,14H,2-3,8-10,13H2,1H3,(H,22,24). The fourth-order valence-corrected chi connectivity index (χ4v) is 3.45. The van der Waals surface area contributed by atoms with E-state index >= 15 is 0 Å². The summed E-state index contributed by atoms with van der Waals surface area (Å²) in [5, 5.41) is 2.93. The zero-order valence-corrected chi connectivity index (χ0v) is 14.9. The second-order valence-corrected chi connectivity index (χ2v) is 6.91. The Morgan fingerprint density at radius 1 is 1.19 bits per heavy atom. The first kappa shape index (κ1) is 16.7. The van der Waals surface area contributed by atoms with E-state index in [4.69, 9.17) is 9.47 Å². The lowest BCUT2D eigenvalue weighted by Crippen LogP contribution is -2.34. The highest BCUT2D eigenvalue weighted by atomic mass is 16.6. The number of piperidine rings is 1. The van der Waals surface area contributed by atoms with E-state index in [1.54, 1.807) is 18.3 Å². The van der Waals surface area contributed by atoms with Crippen LogP contribution in [-0.2, 0) is 0 Å². The molecule has 0 aliphatic carbocycles. The van der Waals surface area contributed by atoms with E-state index in [0.717, 1.165) is 25.3 Å². The van der Waals surface area contributed by atoms with Crippen LogP contribution in [0.5, 0.6) is 11.5 Å². The van der Waals surface area contributed by atoms with Crippen LogP contribution < -0.4 is 19.7 Å². The van der Waals surface area contributed by atoms with Crippen molar-refractivity contribution in [2.24, 2.45) is 5.92 Å². The van der Waals surface area contributed by atoms with E-state index in [-0.39, 0.29) is 5.91 Å². The highest BCUT2D eigenvalue weighted by Crippen LogP contribution is 2.32. The Hall–Kier alpha value is -2.76. The molecule has 1 fully saturated rings.